The zero-order chi connectivity index (χ0) is 31.0. The average Bonchev–Trinajstić information content (AvgIpc) is 3.84. The number of rotatable bonds is 2. The molecule has 0 saturated heterocycles. The first-order valence-corrected chi connectivity index (χ1v) is 13.1. The molecule has 6 rings (SSSR count). The fraction of sp³-hybridized carbons (Fsp3) is 0.158. The predicted molar refractivity (Wildman–Crippen MR) is 165 cm³/mol. The van der Waals surface area contributed by atoms with Crippen molar-refractivity contribution in [3.8, 4) is 0 Å². The first-order valence-electron chi connectivity index (χ1n) is 13.1. The molecule has 0 amide bonds. The SMILES string of the molecule is C[c-]1[c-][c-][c-][c-]1.C[c-]1[c-][c-][c-][c-]1.C[c-]1[cH-][cH-][cH-][cH-]1.C[c-]1cccc1.OC(O)c1ccccc1.OC(O)c1ccccc1.[Yb].[Yb]. The van der Waals surface area contributed by atoms with Gasteiger partial charge in [-0.3, -0.25) is 0 Å². The standard InChI is InChI=1S/2C7H8O2.2C6H7.2C6H3.2Yb/c2*8-7(9)6-4-2-1-3-5-6;4*1-6-4-2-3-5-6;;/h2*1-5,7-9H;2*2-5H,1H3;2*1H3;;/q;;-5;-1;2*-5;;. The van der Waals surface area contributed by atoms with Gasteiger partial charge in [-0.2, -0.15) is 17.7 Å². The van der Waals surface area contributed by atoms with Crippen molar-refractivity contribution >= 4 is 0 Å². The van der Waals surface area contributed by atoms with E-state index in [0.29, 0.717) is 11.1 Å². The van der Waals surface area contributed by atoms with Gasteiger partial charge in [0.15, 0.2) is 12.6 Å². The third-order valence-corrected chi connectivity index (χ3v) is 4.98. The Morgan fingerprint density at radius 1 is 0.523 bits per heavy atom. The molecule has 0 fully saturated rings. The third-order valence-electron chi connectivity index (χ3n) is 4.98. The van der Waals surface area contributed by atoms with Gasteiger partial charge in [0.2, 0.25) is 0 Å². The Bertz CT molecular complexity index is 1150. The maximum atomic E-state index is 8.58. The average molecular weight is 903 g/mol. The summed E-state index contributed by atoms with van der Waals surface area (Å²) in [6.45, 7) is 7.99. The minimum absolute atomic E-state index is 0. The largest absolute Gasteiger partial charge is 0.998 e. The van der Waals surface area contributed by atoms with Gasteiger partial charge in [0.25, 0.3) is 0 Å². The van der Waals surface area contributed by atoms with Gasteiger partial charge in [-0.05, 0) is 0 Å². The van der Waals surface area contributed by atoms with Crippen molar-refractivity contribution in [3.63, 3.8) is 0 Å². The van der Waals surface area contributed by atoms with Crippen LogP contribution in [-0.2, 0) is 0 Å². The van der Waals surface area contributed by atoms with Crippen LogP contribution in [0.4, 0.5) is 0 Å². The molecule has 0 saturated carbocycles. The molecule has 0 atom stereocenters. The number of hydrogen-bond acceptors (Lipinski definition) is 4. The quantitative estimate of drug-likeness (QED) is 0.117. The van der Waals surface area contributed by atoms with Crippen molar-refractivity contribution < 1.29 is 114 Å². The smallest absolute Gasteiger partial charge is 0.178 e. The minimum Gasteiger partial charge on any atom is -0.998 e. The fourth-order valence-electron chi connectivity index (χ4n) is 2.75. The third kappa shape index (κ3) is 25.0. The molecule has 0 unspecified atom stereocenters. The van der Waals surface area contributed by atoms with E-state index in [1.807, 2.05) is 50.2 Å². The Balaban J connectivity index is 0. The first-order chi connectivity index (χ1) is 20.2. The summed E-state index contributed by atoms with van der Waals surface area (Å²) in [6.07, 6.45) is -2.68. The van der Waals surface area contributed by atoms with Crippen molar-refractivity contribution in [1.29, 1.82) is 0 Å². The summed E-state index contributed by atoms with van der Waals surface area (Å²) in [7, 11) is 0. The normalized spacial score (nSPS) is 8.95. The molecule has 0 heterocycles. The molecule has 0 spiro atoms. The molecule has 44 heavy (non-hydrogen) atoms. The van der Waals surface area contributed by atoms with E-state index in [1.165, 1.54) is 11.1 Å². The topological polar surface area (TPSA) is 80.9 Å². The summed E-state index contributed by atoms with van der Waals surface area (Å²) < 4.78 is 0. The van der Waals surface area contributed by atoms with E-state index in [-0.39, 0.29) is 93.8 Å². The summed E-state index contributed by atoms with van der Waals surface area (Å²) in [5.74, 6) is 0. The molecule has 0 aliphatic rings. The minimum atomic E-state index is -1.34. The molecule has 4 N–H and O–H groups in total. The fourth-order valence-corrected chi connectivity index (χ4v) is 2.75. The number of aliphatic hydroxyl groups excluding tert-OH is 2. The van der Waals surface area contributed by atoms with Crippen molar-refractivity contribution in [2.45, 2.75) is 40.3 Å². The van der Waals surface area contributed by atoms with Crippen molar-refractivity contribution in [2.24, 2.45) is 0 Å². The van der Waals surface area contributed by atoms with Crippen molar-refractivity contribution in [3.05, 3.63) is 191 Å². The van der Waals surface area contributed by atoms with Crippen LogP contribution in [0.3, 0.4) is 0 Å². The van der Waals surface area contributed by atoms with Gasteiger partial charge in [-0.25, -0.2) is 32.9 Å². The summed E-state index contributed by atoms with van der Waals surface area (Å²) in [6, 6.07) is 55.3. The molecule has 0 aromatic heterocycles. The molecule has 0 radical (unpaired) electrons. The van der Waals surface area contributed by atoms with Crippen LogP contribution in [0.1, 0.15) is 46.0 Å². The van der Waals surface area contributed by atoms with Crippen LogP contribution in [0.2, 0.25) is 0 Å². The van der Waals surface area contributed by atoms with E-state index in [1.54, 1.807) is 48.5 Å². The Morgan fingerprint density at radius 2 is 0.841 bits per heavy atom. The van der Waals surface area contributed by atoms with Gasteiger partial charge in [0, 0.05) is 105 Å². The molecule has 6 aromatic carbocycles. The number of aryl methyl sites for hydroxylation is 4. The van der Waals surface area contributed by atoms with E-state index in [2.05, 4.69) is 86.6 Å². The van der Waals surface area contributed by atoms with E-state index >= 15 is 0 Å². The van der Waals surface area contributed by atoms with Crippen LogP contribution in [0.5, 0.6) is 0 Å². The van der Waals surface area contributed by atoms with Crippen LogP contribution in [0.15, 0.2) is 109 Å². The summed E-state index contributed by atoms with van der Waals surface area (Å²) in [5, 5.41) is 34.3. The van der Waals surface area contributed by atoms with E-state index in [4.69, 9.17) is 20.4 Å². The second-order valence-electron chi connectivity index (χ2n) is 8.74. The van der Waals surface area contributed by atoms with Gasteiger partial charge in [0.05, 0.1) is 0 Å². The van der Waals surface area contributed by atoms with Gasteiger partial charge in [-0.1, -0.05) is 67.6 Å². The van der Waals surface area contributed by atoms with Crippen molar-refractivity contribution in [1.82, 2.24) is 0 Å². The summed E-state index contributed by atoms with van der Waals surface area (Å²) in [4.78, 5) is 0. The molecule has 6 aromatic rings. The first kappa shape index (κ1) is 44.8. The molecule has 256 valence electrons. The van der Waals surface area contributed by atoms with Crippen molar-refractivity contribution in [2.75, 3.05) is 0 Å². The molecule has 4 nitrogen and oxygen atoms in total. The number of hydrogen-bond donors (Lipinski definition) is 4. The van der Waals surface area contributed by atoms with Gasteiger partial charge < -0.3 is 110 Å². The molecular weight excluding hydrogens is 866 g/mol. The number of benzene rings is 2. The summed E-state index contributed by atoms with van der Waals surface area (Å²) in [5.41, 5.74) is 5.70. The Labute approximate surface area is 341 Å². The Kier molecular flexibility index (Phi) is 29.7. The second-order valence-corrected chi connectivity index (χ2v) is 8.74. The zero-order valence-corrected chi connectivity index (χ0v) is 28.3. The van der Waals surface area contributed by atoms with Gasteiger partial charge in [0.1, 0.15) is 0 Å². The molecule has 0 aliphatic carbocycles. The Morgan fingerprint density at radius 3 is 0.977 bits per heavy atom. The van der Waals surface area contributed by atoms with Crippen LogP contribution < -0.4 is 0 Å². The summed E-state index contributed by atoms with van der Waals surface area (Å²) >= 11 is 0. The van der Waals surface area contributed by atoms with Crippen LogP contribution in [0.25, 0.3) is 0 Å². The molecule has 6 heteroatoms. The van der Waals surface area contributed by atoms with Gasteiger partial charge >= 0.3 is 0 Å². The molecule has 0 aliphatic heterocycles. The Hall–Kier alpha value is -1.28. The molecular formula is C38H36O4Yb2-16. The maximum Gasteiger partial charge on any atom is 0.178 e. The second kappa shape index (κ2) is 29.1. The monoisotopic (exact) mass is 904 g/mol. The number of aliphatic hydroxyl groups is 4. The maximum absolute atomic E-state index is 8.58. The van der Waals surface area contributed by atoms with E-state index in [0.717, 1.165) is 11.1 Å². The van der Waals surface area contributed by atoms with Crippen LogP contribution in [-0.4, -0.2) is 20.4 Å². The van der Waals surface area contributed by atoms with E-state index in [9.17, 15) is 0 Å². The van der Waals surface area contributed by atoms with E-state index < -0.39 is 12.6 Å². The van der Waals surface area contributed by atoms with Crippen LogP contribution >= 0.6 is 0 Å². The van der Waals surface area contributed by atoms with Gasteiger partial charge in [-0.15, -0.1) is 0 Å². The predicted octanol–water partition coefficient (Wildman–Crippen LogP) is 6.60. The molecule has 0 bridgehead atoms. The zero-order valence-electron chi connectivity index (χ0n) is 24.9. The van der Waals surface area contributed by atoms with Crippen LogP contribution in [0, 0.1) is 170 Å².